The Kier molecular flexibility index (Phi) is 10.4. The van der Waals surface area contributed by atoms with Gasteiger partial charge in [0.05, 0.1) is 12.2 Å². The van der Waals surface area contributed by atoms with E-state index in [9.17, 15) is 4.57 Å². The first-order valence-electron chi connectivity index (χ1n) is 15.1. The molecule has 0 aromatic heterocycles. The zero-order valence-electron chi connectivity index (χ0n) is 27.1. The van der Waals surface area contributed by atoms with E-state index in [4.69, 9.17) is 8.85 Å². The smallest absolute Gasteiger partial charge is 0.192 e. The van der Waals surface area contributed by atoms with Gasteiger partial charge in [-0.3, -0.25) is 0 Å². The van der Waals surface area contributed by atoms with Crippen LogP contribution in [0.2, 0.25) is 36.3 Å². The van der Waals surface area contributed by atoms with Crippen molar-refractivity contribution in [3.05, 3.63) is 72.3 Å². The lowest BCUT2D eigenvalue weighted by Crippen LogP contribution is -2.53. The minimum atomic E-state index is -2.83. The molecule has 222 valence electrons. The Morgan fingerprint density at radius 3 is 1.45 bits per heavy atom. The molecule has 1 aliphatic rings. The molecule has 0 unspecified atom stereocenters. The summed E-state index contributed by atoms with van der Waals surface area (Å²) in [6.07, 6.45) is 5.88. The van der Waals surface area contributed by atoms with E-state index in [2.05, 4.69) is 80.7 Å². The molecule has 0 spiro atoms. The number of benzene rings is 2. The second-order valence-corrected chi connectivity index (χ2v) is 27.2. The van der Waals surface area contributed by atoms with E-state index in [1.165, 1.54) is 5.57 Å². The molecule has 3 nitrogen and oxygen atoms in total. The SMILES string of the molecule is CCC1[C@H](O[Si](C)(C)C(C)(C)C)CC(=CCP(=O)(c2ccccc2)c2ccccc2)C[C@H]1O[Si](C)(C)C(C)(C)C. The Morgan fingerprint density at radius 2 is 1.12 bits per heavy atom. The Morgan fingerprint density at radius 1 is 0.750 bits per heavy atom. The molecular weight excluding hydrogens is 544 g/mol. The number of rotatable bonds is 9. The summed E-state index contributed by atoms with van der Waals surface area (Å²) in [6, 6.07) is 20.1. The Hall–Kier alpha value is -1.24. The lowest BCUT2D eigenvalue weighted by molar-refractivity contribution is 0.00569. The van der Waals surface area contributed by atoms with Crippen LogP contribution in [0.15, 0.2) is 72.3 Å². The van der Waals surface area contributed by atoms with Crippen molar-refractivity contribution in [3.63, 3.8) is 0 Å². The average Bonchev–Trinajstić information content (AvgIpc) is 2.86. The average molecular weight is 599 g/mol. The van der Waals surface area contributed by atoms with Gasteiger partial charge in [0.2, 0.25) is 0 Å². The van der Waals surface area contributed by atoms with E-state index in [1.54, 1.807) is 0 Å². The molecule has 1 fully saturated rings. The molecule has 0 amide bonds. The highest BCUT2D eigenvalue weighted by Gasteiger charge is 2.47. The van der Waals surface area contributed by atoms with Gasteiger partial charge in [0.1, 0.15) is 7.14 Å². The van der Waals surface area contributed by atoms with Crippen molar-refractivity contribution in [2.75, 3.05) is 6.16 Å². The predicted molar refractivity (Wildman–Crippen MR) is 180 cm³/mol. The van der Waals surface area contributed by atoms with Gasteiger partial charge in [-0.25, -0.2) is 0 Å². The zero-order chi connectivity index (χ0) is 30.0. The summed E-state index contributed by atoms with van der Waals surface area (Å²) in [5.41, 5.74) is 1.34. The van der Waals surface area contributed by atoms with Gasteiger partial charge in [0, 0.05) is 22.7 Å². The maximum atomic E-state index is 14.8. The molecule has 0 heterocycles. The summed E-state index contributed by atoms with van der Waals surface area (Å²) in [5.74, 6) is 0.357. The van der Waals surface area contributed by atoms with E-state index in [0.717, 1.165) is 29.9 Å². The third kappa shape index (κ3) is 7.58. The molecule has 2 atom stereocenters. The summed E-state index contributed by atoms with van der Waals surface area (Å²) in [5, 5.41) is 2.11. The van der Waals surface area contributed by atoms with Crippen LogP contribution in [0.4, 0.5) is 0 Å². The lowest BCUT2D eigenvalue weighted by Gasteiger charge is -2.48. The molecule has 2 aromatic rings. The van der Waals surface area contributed by atoms with Crippen molar-refractivity contribution >= 4 is 34.4 Å². The summed E-state index contributed by atoms with van der Waals surface area (Å²) >= 11 is 0. The van der Waals surface area contributed by atoms with Gasteiger partial charge in [-0.1, -0.05) is 121 Å². The maximum Gasteiger partial charge on any atom is 0.192 e. The fraction of sp³-hybridized carbons (Fsp3) is 0.588. The fourth-order valence-electron chi connectivity index (χ4n) is 5.16. The minimum absolute atomic E-state index is 0.119. The van der Waals surface area contributed by atoms with Crippen LogP contribution >= 0.6 is 7.14 Å². The molecule has 6 heteroatoms. The number of allylic oxidation sites excluding steroid dienone is 1. The second kappa shape index (κ2) is 12.6. The van der Waals surface area contributed by atoms with Crippen molar-refractivity contribution in [2.45, 2.75) is 116 Å². The van der Waals surface area contributed by atoms with Crippen molar-refractivity contribution in [1.82, 2.24) is 0 Å². The van der Waals surface area contributed by atoms with Crippen molar-refractivity contribution in [3.8, 4) is 0 Å². The highest BCUT2D eigenvalue weighted by atomic mass is 31.2. The summed E-state index contributed by atoms with van der Waals surface area (Å²) in [6.45, 7) is 25.7. The standard InChI is InChI=1S/C34H55O3PSi2/c1-12-30-31(36-39(8,9)33(2,3)4)25-27(26-32(30)37-40(10,11)34(5,6)7)23-24-38(35,28-19-15-13-16-20-28)29-21-17-14-18-22-29/h13-23,30-32H,12,24-26H2,1-11H3/t30?,31-,32-/m1/s1. The van der Waals surface area contributed by atoms with Gasteiger partial charge in [0.15, 0.2) is 16.6 Å². The molecule has 1 saturated carbocycles. The van der Waals surface area contributed by atoms with Gasteiger partial charge in [-0.2, -0.15) is 0 Å². The van der Waals surface area contributed by atoms with E-state index >= 15 is 0 Å². The predicted octanol–water partition coefficient (Wildman–Crippen LogP) is 9.53. The quantitative estimate of drug-likeness (QED) is 0.164. The molecular formula is C34H55O3PSi2. The highest BCUT2D eigenvalue weighted by molar-refractivity contribution is 7.78. The second-order valence-electron chi connectivity index (χ2n) is 14.8. The lowest BCUT2D eigenvalue weighted by atomic mass is 9.79. The Labute approximate surface area is 247 Å². The van der Waals surface area contributed by atoms with Gasteiger partial charge in [0.25, 0.3) is 0 Å². The topological polar surface area (TPSA) is 35.5 Å². The van der Waals surface area contributed by atoms with Crippen LogP contribution in [-0.2, 0) is 13.4 Å². The molecule has 3 rings (SSSR count). The third-order valence-electron chi connectivity index (χ3n) is 9.84. The van der Waals surface area contributed by atoms with Crippen LogP contribution in [-0.4, -0.2) is 35.0 Å². The van der Waals surface area contributed by atoms with Gasteiger partial charge < -0.3 is 13.4 Å². The highest BCUT2D eigenvalue weighted by Crippen LogP contribution is 2.47. The van der Waals surface area contributed by atoms with Gasteiger partial charge >= 0.3 is 0 Å². The first-order valence-corrected chi connectivity index (χ1v) is 22.9. The maximum absolute atomic E-state index is 14.8. The fourth-order valence-corrected chi connectivity index (χ4v) is 10.4. The van der Waals surface area contributed by atoms with E-state index in [-0.39, 0.29) is 22.3 Å². The monoisotopic (exact) mass is 598 g/mol. The number of hydrogen-bond acceptors (Lipinski definition) is 3. The molecule has 0 N–H and O–H groups in total. The Bertz CT molecular complexity index is 1090. The summed E-state index contributed by atoms with van der Waals surface area (Å²) in [7, 11) is -6.82. The molecule has 0 radical (unpaired) electrons. The van der Waals surface area contributed by atoms with Crippen molar-refractivity contribution in [2.24, 2.45) is 5.92 Å². The molecule has 0 saturated heterocycles. The zero-order valence-corrected chi connectivity index (χ0v) is 30.0. The summed E-state index contributed by atoms with van der Waals surface area (Å²) in [4.78, 5) is 0. The normalized spacial score (nSPS) is 21.4. The van der Waals surface area contributed by atoms with Crippen LogP contribution in [0.3, 0.4) is 0 Å². The van der Waals surface area contributed by atoms with Crippen molar-refractivity contribution in [1.29, 1.82) is 0 Å². The molecule has 0 aliphatic heterocycles. The molecule has 1 aliphatic carbocycles. The van der Waals surface area contributed by atoms with E-state index < -0.39 is 23.8 Å². The first kappa shape index (κ1) is 33.3. The first-order chi connectivity index (χ1) is 18.4. The van der Waals surface area contributed by atoms with Crippen LogP contribution in [0.25, 0.3) is 0 Å². The van der Waals surface area contributed by atoms with Crippen molar-refractivity contribution < 1.29 is 13.4 Å². The summed E-state index contributed by atoms with van der Waals surface area (Å²) < 4.78 is 29.1. The Balaban J connectivity index is 2.03. The molecule has 2 aromatic carbocycles. The minimum Gasteiger partial charge on any atom is -0.413 e. The van der Waals surface area contributed by atoms with Crippen LogP contribution in [0.1, 0.15) is 67.7 Å². The van der Waals surface area contributed by atoms with E-state index in [1.807, 2.05) is 60.7 Å². The van der Waals surface area contributed by atoms with Crippen LogP contribution in [0.5, 0.6) is 0 Å². The molecule has 0 bridgehead atoms. The van der Waals surface area contributed by atoms with Crippen LogP contribution < -0.4 is 10.6 Å². The largest absolute Gasteiger partial charge is 0.413 e. The van der Waals surface area contributed by atoms with E-state index in [0.29, 0.717) is 12.1 Å². The third-order valence-corrected chi connectivity index (χ3v) is 21.8. The van der Waals surface area contributed by atoms with Crippen LogP contribution in [0, 0.1) is 5.92 Å². The van der Waals surface area contributed by atoms with Gasteiger partial charge in [-0.15, -0.1) is 0 Å². The molecule has 40 heavy (non-hydrogen) atoms. The number of hydrogen-bond donors (Lipinski definition) is 0. The van der Waals surface area contributed by atoms with Gasteiger partial charge in [-0.05, 0) is 55.5 Å².